The Bertz CT molecular complexity index is 1310. The van der Waals surface area contributed by atoms with Gasteiger partial charge in [0.05, 0.1) is 5.02 Å². The number of aromatic amines is 2. The molecule has 4 heterocycles. The maximum Gasteiger partial charge on any atom is 0.233 e. The van der Waals surface area contributed by atoms with E-state index >= 15 is 0 Å². The van der Waals surface area contributed by atoms with E-state index in [2.05, 4.69) is 56.2 Å². The second-order valence-corrected chi connectivity index (χ2v) is 9.44. The lowest BCUT2D eigenvalue weighted by atomic mass is 10.1. The zero-order chi connectivity index (χ0) is 23.8. The number of fused-ring (bicyclic) bond motifs is 1. The van der Waals surface area contributed by atoms with Gasteiger partial charge in [0, 0.05) is 60.6 Å². The number of hydrogen-bond acceptors (Lipinski definition) is 7. The van der Waals surface area contributed by atoms with Gasteiger partial charge in [0.25, 0.3) is 0 Å². The van der Waals surface area contributed by atoms with Gasteiger partial charge in [-0.1, -0.05) is 25.4 Å². The minimum atomic E-state index is 0.341. The van der Waals surface area contributed by atoms with Gasteiger partial charge >= 0.3 is 0 Å². The van der Waals surface area contributed by atoms with E-state index in [9.17, 15) is 0 Å². The van der Waals surface area contributed by atoms with Crippen LogP contribution in [0.25, 0.3) is 10.9 Å². The third kappa shape index (κ3) is 4.67. The zero-order valence-electron chi connectivity index (χ0n) is 19.8. The van der Waals surface area contributed by atoms with Gasteiger partial charge in [-0.15, -0.1) is 0 Å². The van der Waals surface area contributed by atoms with Crippen LogP contribution in [0.3, 0.4) is 0 Å². The van der Waals surface area contributed by atoms with Crippen LogP contribution in [-0.2, 0) is 0 Å². The molecule has 0 aliphatic carbocycles. The van der Waals surface area contributed by atoms with E-state index in [1.807, 2.05) is 37.3 Å². The third-order valence-corrected chi connectivity index (χ3v) is 6.42. The van der Waals surface area contributed by atoms with E-state index in [0.717, 1.165) is 54.3 Å². The molecule has 1 aliphatic rings. The summed E-state index contributed by atoms with van der Waals surface area (Å²) in [6, 6.07) is 9.66. The van der Waals surface area contributed by atoms with Crippen LogP contribution in [0, 0.1) is 6.92 Å². The Morgan fingerprint density at radius 1 is 1.09 bits per heavy atom. The standard InChI is InChI=1S/C24H29ClN8O/c1-14(2)18-12-20(31-30-18)27-24-28-21(33-9-7-32(4)8-10-33)13-22(29-24)34-19-6-5-17-16(23(19)25)11-15(3)26-17/h5-6,11-14,26H,7-10H2,1-4H3,(H2,27,28,29,30,31). The fourth-order valence-corrected chi connectivity index (χ4v) is 4.27. The van der Waals surface area contributed by atoms with E-state index in [1.54, 1.807) is 0 Å². The number of aryl methyl sites for hydroxylation is 1. The Balaban J connectivity index is 1.48. The fraction of sp³-hybridized carbons (Fsp3) is 0.375. The molecule has 4 aromatic rings. The molecule has 1 aliphatic heterocycles. The van der Waals surface area contributed by atoms with Crippen LogP contribution in [0.4, 0.5) is 17.6 Å². The lowest BCUT2D eigenvalue weighted by molar-refractivity contribution is 0.312. The molecule has 0 radical (unpaired) electrons. The van der Waals surface area contributed by atoms with Crippen LogP contribution in [0.1, 0.15) is 31.2 Å². The molecule has 1 aromatic carbocycles. The smallest absolute Gasteiger partial charge is 0.233 e. The van der Waals surface area contributed by atoms with Gasteiger partial charge in [-0.25, -0.2) is 0 Å². The average Bonchev–Trinajstić information content (AvgIpc) is 3.43. The molecular formula is C24H29ClN8O. The SMILES string of the molecule is Cc1cc2c(Cl)c(Oc3cc(N4CCN(C)CC4)nc(Nc4cc(C(C)C)[nH]n4)n3)ccc2[nH]1. The van der Waals surface area contributed by atoms with Crippen molar-refractivity contribution in [2.24, 2.45) is 0 Å². The summed E-state index contributed by atoms with van der Waals surface area (Å²) < 4.78 is 6.20. The number of halogens is 1. The highest BCUT2D eigenvalue weighted by Gasteiger charge is 2.19. The number of nitrogens with one attached hydrogen (secondary N) is 3. The highest BCUT2D eigenvalue weighted by Crippen LogP contribution is 2.36. The summed E-state index contributed by atoms with van der Waals surface area (Å²) in [5.74, 6) is 3.18. The molecule has 5 rings (SSSR count). The van der Waals surface area contributed by atoms with Crippen molar-refractivity contribution >= 4 is 40.1 Å². The molecule has 0 bridgehead atoms. The number of piperazine rings is 1. The monoisotopic (exact) mass is 480 g/mol. The van der Waals surface area contributed by atoms with Crippen molar-refractivity contribution in [2.75, 3.05) is 43.4 Å². The van der Waals surface area contributed by atoms with Gasteiger partial charge in [-0.2, -0.15) is 15.1 Å². The second-order valence-electron chi connectivity index (χ2n) is 9.06. The van der Waals surface area contributed by atoms with E-state index in [0.29, 0.717) is 34.3 Å². The Hall–Kier alpha value is -3.30. The summed E-state index contributed by atoms with van der Waals surface area (Å²) in [6.07, 6.45) is 0. The quantitative estimate of drug-likeness (QED) is 0.355. The largest absolute Gasteiger partial charge is 0.437 e. The normalized spacial score (nSPS) is 14.8. The molecule has 178 valence electrons. The number of anilines is 3. The number of ether oxygens (including phenoxy) is 1. The predicted molar refractivity (Wildman–Crippen MR) is 136 cm³/mol. The molecule has 0 atom stereocenters. The van der Waals surface area contributed by atoms with Gasteiger partial charge in [0.1, 0.15) is 11.6 Å². The fourth-order valence-electron chi connectivity index (χ4n) is 4.01. The van der Waals surface area contributed by atoms with Crippen LogP contribution >= 0.6 is 11.6 Å². The van der Waals surface area contributed by atoms with Crippen molar-refractivity contribution in [3.8, 4) is 11.6 Å². The second kappa shape index (κ2) is 9.15. The molecule has 0 saturated carbocycles. The van der Waals surface area contributed by atoms with Crippen LogP contribution in [0.15, 0.2) is 30.3 Å². The number of H-pyrrole nitrogens is 2. The highest BCUT2D eigenvalue weighted by molar-refractivity contribution is 6.37. The summed E-state index contributed by atoms with van der Waals surface area (Å²) in [5, 5.41) is 12.1. The van der Waals surface area contributed by atoms with Crippen molar-refractivity contribution in [3.05, 3.63) is 46.7 Å². The molecule has 1 saturated heterocycles. The molecule has 1 fully saturated rings. The van der Waals surface area contributed by atoms with Crippen molar-refractivity contribution in [1.29, 1.82) is 0 Å². The van der Waals surface area contributed by atoms with Gasteiger partial charge in [0.15, 0.2) is 5.82 Å². The number of aromatic nitrogens is 5. The summed E-state index contributed by atoms with van der Waals surface area (Å²) in [5.41, 5.74) is 3.05. The average molecular weight is 481 g/mol. The highest BCUT2D eigenvalue weighted by atomic mass is 35.5. The number of nitrogens with zero attached hydrogens (tertiary/aromatic N) is 5. The van der Waals surface area contributed by atoms with Crippen molar-refractivity contribution < 1.29 is 4.74 Å². The van der Waals surface area contributed by atoms with E-state index in [-0.39, 0.29) is 0 Å². The first kappa shape index (κ1) is 22.5. The number of benzene rings is 1. The van der Waals surface area contributed by atoms with Crippen molar-refractivity contribution in [2.45, 2.75) is 26.7 Å². The Kier molecular flexibility index (Phi) is 6.05. The summed E-state index contributed by atoms with van der Waals surface area (Å²) in [7, 11) is 2.13. The van der Waals surface area contributed by atoms with Crippen LogP contribution < -0.4 is 15.0 Å². The lowest BCUT2D eigenvalue weighted by Gasteiger charge is -2.33. The maximum atomic E-state index is 6.68. The van der Waals surface area contributed by atoms with Gasteiger partial charge in [-0.05, 0) is 38.1 Å². The number of rotatable bonds is 6. The molecule has 9 nitrogen and oxygen atoms in total. The summed E-state index contributed by atoms with van der Waals surface area (Å²) >= 11 is 6.68. The van der Waals surface area contributed by atoms with E-state index < -0.39 is 0 Å². The lowest BCUT2D eigenvalue weighted by Crippen LogP contribution is -2.44. The van der Waals surface area contributed by atoms with Crippen LogP contribution in [-0.4, -0.2) is 63.3 Å². The van der Waals surface area contributed by atoms with Gasteiger partial charge < -0.3 is 24.8 Å². The Morgan fingerprint density at radius 2 is 1.88 bits per heavy atom. The topological polar surface area (TPSA) is 98.0 Å². The number of hydrogen-bond donors (Lipinski definition) is 3. The molecule has 0 amide bonds. The molecule has 0 unspecified atom stereocenters. The first-order valence-electron chi connectivity index (χ1n) is 11.5. The van der Waals surface area contributed by atoms with Crippen LogP contribution in [0.2, 0.25) is 5.02 Å². The van der Waals surface area contributed by atoms with Crippen molar-refractivity contribution in [3.63, 3.8) is 0 Å². The van der Waals surface area contributed by atoms with Crippen molar-refractivity contribution in [1.82, 2.24) is 30.0 Å². The first-order valence-corrected chi connectivity index (χ1v) is 11.8. The minimum Gasteiger partial charge on any atom is -0.437 e. The molecule has 34 heavy (non-hydrogen) atoms. The zero-order valence-corrected chi connectivity index (χ0v) is 20.6. The Labute approximate surface area is 203 Å². The summed E-state index contributed by atoms with van der Waals surface area (Å²) in [6.45, 7) is 9.91. The molecule has 3 aromatic heterocycles. The van der Waals surface area contributed by atoms with Crippen LogP contribution in [0.5, 0.6) is 11.6 Å². The molecule has 0 spiro atoms. The first-order chi connectivity index (χ1) is 16.4. The third-order valence-electron chi connectivity index (χ3n) is 6.03. The Morgan fingerprint density at radius 3 is 2.62 bits per heavy atom. The summed E-state index contributed by atoms with van der Waals surface area (Å²) in [4.78, 5) is 17.2. The molecule has 3 N–H and O–H groups in total. The van der Waals surface area contributed by atoms with Gasteiger partial charge in [0.2, 0.25) is 11.8 Å². The maximum absolute atomic E-state index is 6.68. The molecular weight excluding hydrogens is 452 g/mol. The number of likely N-dealkylation sites (N-methyl/N-ethyl adjacent to an activating group) is 1. The van der Waals surface area contributed by atoms with E-state index in [1.165, 1.54) is 0 Å². The van der Waals surface area contributed by atoms with E-state index in [4.69, 9.17) is 21.3 Å². The predicted octanol–water partition coefficient (Wildman–Crippen LogP) is 5.05. The van der Waals surface area contributed by atoms with Gasteiger partial charge in [-0.3, -0.25) is 5.10 Å². The minimum absolute atomic E-state index is 0.341. The molecule has 10 heteroatoms.